The Balaban J connectivity index is 2.12. The summed E-state index contributed by atoms with van der Waals surface area (Å²) in [6, 6.07) is 3.81. The Hall–Kier alpha value is -1.66. The highest BCUT2D eigenvalue weighted by molar-refractivity contribution is 5.93. The first kappa shape index (κ1) is 13.8. The summed E-state index contributed by atoms with van der Waals surface area (Å²) in [5.41, 5.74) is 3.65. The van der Waals surface area contributed by atoms with E-state index in [2.05, 4.69) is 22.2 Å². The van der Waals surface area contributed by atoms with Crippen molar-refractivity contribution in [1.82, 2.24) is 14.8 Å². The molecule has 1 amide bonds. The van der Waals surface area contributed by atoms with Crippen molar-refractivity contribution < 1.29 is 4.79 Å². The molecular weight excluding hydrogens is 242 g/mol. The van der Waals surface area contributed by atoms with E-state index in [0.717, 1.165) is 13.1 Å². The van der Waals surface area contributed by atoms with E-state index in [0.29, 0.717) is 23.3 Å². The molecule has 104 valence electrons. The summed E-state index contributed by atoms with van der Waals surface area (Å²) in [6.07, 6.45) is 1.59. The van der Waals surface area contributed by atoms with Crippen LogP contribution in [0.25, 0.3) is 0 Å². The van der Waals surface area contributed by atoms with Crippen LogP contribution >= 0.6 is 0 Å². The van der Waals surface area contributed by atoms with Crippen molar-refractivity contribution in [2.24, 2.45) is 11.8 Å². The fourth-order valence-electron chi connectivity index (χ4n) is 2.59. The zero-order valence-electron chi connectivity index (χ0n) is 11.6. The minimum absolute atomic E-state index is 0.0340. The van der Waals surface area contributed by atoms with E-state index in [1.165, 1.54) is 0 Å². The van der Waals surface area contributed by atoms with Crippen molar-refractivity contribution in [1.29, 1.82) is 0 Å². The number of nitrogens with two attached hydrogens (primary N) is 1. The van der Waals surface area contributed by atoms with Gasteiger partial charge in [-0.2, -0.15) is 0 Å². The number of hydrazine groups is 1. The van der Waals surface area contributed by atoms with Gasteiger partial charge in [0.25, 0.3) is 5.91 Å². The first-order valence-corrected chi connectivity index (χ1v) is 6.41. The molecule has 19 heavy (non-hydrogen) atoms. The summed E-state index contributed by atoms with van der Waals surface area (Å²) >= 11 is 0. The number of likely N-dealkylation sites (N-methyl/N-ethyl adjacent to an activating group) is 1. The van der Waals surface area contributed by atoms with Crippen molar-refractivity contribution in [3.63, 3.8) is 0 Å². The molecule has 0 saturated carbocycles. The van der Waals surface area contributed by atoms with Crippen LogP contribution in [0.5, 0.6) is 0 Å². The van der Waals surface area contributed by atoms with E-state index in [1.54, 1.807) is 18.3 Å². The number of nitrogen functional groups attached to an aromatic ring is 1. The fourth-order valence-corrected chi connectivity index (χ4v) is 2.59. The maximum atomic E-state index is 12.4. The number of hydrogen-bond donors (Lipinski definition) is 2. The molecule has 1 aliphatic rings. The maximum absolute atomic E-state index is 12.4. The highest BCUT2D eigenvalue weighted by atomic mass is 16.2. The lowest BCUT2D eigenvalue weighted by Gasteiger charge is -2.22. The SMILES string of the molecule is CC1CN(C(=O)c2cc(NN)ccn2)CC1N(C)C. The van der Waals surface area contributed by atoms with Crippen molar-refractivity contribution in [3.05, 3.63) is 24.0 Å². The van der Waals surface area contributed by atoms with Gasteiger partial charge in [0.1, 0.15) is 5.69 Å². The van der Waals surface area contributed by atoms with Crippen molar-refractivity contribution >= 4 is 11.6 Å². The highest BCUT2D eigenvalue weighted by Crippen LogP contribution is 2.21. The summed E-state index contributed by atoms with van der Waals surface area (Å²) in [7, 11) is 4.10. The fraction of sp³-hybridized carbons (Fsp3) is 0.538. The van der Waals surface area contributed by atoms with Gasteiger partial charge >= 0.3 is 0 Å². The topological polar surface area (TPSA) is 74.5 Å². The van der Waals surface area contributed by atoms with Crippen LogP contribution in [0.4, 0.5) is 5.69 Å². The van der Waals surface area contributed by atoms with Crippen LogP contribution in [0, 0.1) is 5.92 Å². The second-order valence-electron chi connectivity index (χ2n) is 5.29. The van der Waals surface area contributed by atoms with Gasteiger partial charge in [-0.05, 0) is 32.1 Å². The zero-order valence-corrected chi connectivity index (χ0v) is 11.6. The summed E-state index contributed by atoms with van der Waals surface area (Å²) < 4.78 is 0. The zero-order chi connectivity index (χ0) is 14.0. The third kappa shape index (κ3) is 2.85. The van der Waals surface area contributed by atoms with Crippen LogP contribution in [0.15, 0.2) is 18.3 Å². The number of amides is 1. The molecule has 2 heterocycles. The first-order valence-electron chi connectivity index (χ1n) is 6.41. The molecule has 0 spiro atoms. The molecule has 2 atom stereocenters. The van der Waals surface area contributed by atoms with Crippen molar-refractivity contribution in [3.8, 4) is 0 Å². The largest absolute Gasteiger partial charge is 0.335 e. The first-order chi connectivity index (χ1) is 9.02. The number of nitrogens with zero attached hydrogens (tertiary/aromatic N) is 3. The van der Waals surface area contributed by atoms with Crippen LogP contribution < -0.4 is 11.3 Å². The Morgan fingerprint density at radius 2 is 2.26 bits per heavy atom. The monoisotopic (exact) mass is 263 g/mol. The van der Waals surface area contributed by atoms with Gasteiger partial charge in [-0.15, -0.1) is 0 Å². The Bertz CT molecular complexity index is 462. The predicted octanol–water partition coefficient (Wildman–Crippen LogP) is 0.389. The molecule has 1 saturated heterocycles. The van der Waals surface area contributed by atoms with Gasteiger partial charge in [-0.1, -0.05) is 6.92 Å². The van der Waals surface area contributed by atoms with E-state index >= 15 is 0 Å². The van der Waals surface area contributed by atoms with Crippen LogP contribution in [0.2, 0.25) is 0 Å². The van der Waals surface area contributed by atoms with E-state index in [1.807, 2.05) is 19.0 Å². The van der Waals surface area contributed by atoms with Gasteiger partial charge < -0.3 is 15.2 Å². The number of hydrogen-bond acceptors (Lipinski definition) is 5. The van der Waals surface area contributed by atoms with Crippen LogP contribution in [0.3, 0.4) is 0 Å². The van der Waals surface area contributed by atoms with Crippen molar-refractivity contribution in [2.45, 2.75) is 13.0 Å². The molecule has 6 heteroatoms. The smallest absolute Gasteiger partial charge is 0.272 e. The number of carbonyl (C=O) groups excluding carboxylic acids is 1. The third-order valence-electron chi connectivity index (χ3n) is 3.67. The van der Waals surface area contributed by atoms with Crippen LogP contribution in [-0.4, -0.2) is 53.9 Å². The highest BCUT2D eigenvalue weighted by Gasteiger charge is 2.34. The number of likely N-dealkylation sites (tertiary alicyclic amines) is 1. The lowest BCUT2D eigenvalue weighted by atomic mass is 10.1. The third-order valence-corrected chi connectivity index (χ3v) is 3.67. The summed E-state index contributed by atoms with van der Waals surface area (Å²) in [4.78, 5) is 20.6. The molecular formula is C13H21N5O. The number of nitrogens with one attached hydrogen (secondary N) is 1. The van der Waals surface area contributed by atoms with Crippen LogP contribution in [0.1, 0.15) is 17.4 Å². The van der Waals surface area contributed by atoms with E-state index in [9.17, 15) is 4.79 Å². The number of anilines is 1. The summed E-state index contributed by atoms with van der Waals surface area (Å²) in [5.74, 6) is 5.78. The van der Waals surface area contributed by atoms with E-state index < -0.39 is 0 Å². The maximum Gasteiger partial charge on any atom is 0.272 e. The minimum atomic E-state index is -0.0340. The standard InChI is InChI=1S/C13H21N5O/c1-9-7-18(8-12(9)17(2)3)13(19)11-6-10(16-14)4-5-15-11/h4-6,9,12H,7-8,14H2,1-3H3,(H,15,16). The van der Waals surface area contributed by atoms with Crippen LogP contribution in [-0.2, 0) is 0 Å². The molecule has 0 aromatic carbocycles. The summed E-state index contributed by atoms with van der Waals surface area (Å²) in [5, 5.41) is 0. The molecule has 2 rings (SSSR count). The van der Waals surface area contributed by atoms with Gasteiger partial charge in [0.05, 0.1) is 5.69 Å². The lowest BCUT2D eigenvalue weighted by Crippen LogP contribution is -2.36. The average molecular weight is 263 g/mol. The van der Waals surface area contributed by atoms with Crippen molar-refractivity contribution in [2.75, 3.05) is 32.6 Å². The molecule has 1 fully saturated rings. The normalized spacial score (nSPS) is 22.9. The minimum Gasteiger partial charge on any atom is -0.335 e. The van der Waals surface area contributed by atoms with Gasteiger partial charge in [-0.25, -0.2) is 0 Å². The second-order valence-corrected chi connectivity index (χ2v) is 5.29. The van der Waals surface area contributed by atoms with Gasteiger partial charge in [-0.3, -0.25) is 15.6 Å². The van der Waals surface area contributed by atoms with E-state index in [4.69, 9.17) is 5.84 Å². The second kappa shape index (κ2) is 5.54. The van der Waals surface area contributed by atoms with Gasteiger partial charge in [0.2, 0.25) is 0 Å². The molecule has 3 N–H and O–H groups in total. The number of aromatic nitrogens is 1. The Morgan fingerprint density at radius 1 is 1.53 bits per heavy atom. The molecule has 1 aromatic heterocycles. The predicted molar refractivity (Wildman–Crippen MR) is 74.6 cm³/mol. The van der Waals surface area contributed by atoms with Gasteiger partial charge in [0.15, 0.2) is 0 Å². The van der Waals surface area contributed by atoms with E-state index in [-0.39, 0.29) is 5.91 Å². The summed E-state index contributed by atoms with van der Waals surface area (Å²) in [6.45, 7) is 3.68. The Kier molecular flexibility index (Phi) is 4.01. The molecule has 0 aliphatic carbocycles. The number of rotatable bonds is 3. The molecule has 2 unspecified atom stereocenters. The Labute approximate surface area is 113 Å². The quantitative estimate of drug-likeness (QED) is 0.609. The number of pyridine rings is 1. The molecule has 0 radical (unpaired) electrons. The molecule has 6 nitrogen and oxygen atoms in total. The number of carbonyl (C=O) groups is 1. The molecule has 0 bridgehead atoms. The average Bonchev–Trinajstić information content (AvgIpc) is 2.80. The molecule has 1 aliphatic heterocycles. The lowest BCUT2D eigenvalue weighted by molar-refractivity contribution is 0.0775. The van der Waals surface area contributed by atoms with Gasteiger partial charge in [0, 0.05) is 25.3 Å². The Morgan fingerprint density at radius 3 is 2.84 bits per heavy atom. The molecule has 1 aromatic rings.